The highest BCUT2D eigenvalue weighted by molar-refractivity contribution is 5.98. The SMILES string of the molecule is CCOC(=O)c1cccc(N)c1NCc1ccc(-c2ccccc2-c2noc(=O)[nH]2)cc1. The minimum atomic E-state index is -0.599. The van der Waals surface area contributed by atoms with Gasteiger partial charge in [-0.05, 0) is 35.7 Å². The third-order valence-electron chi connectivity index (χ3n) is 4.95. The molecule has 1 heterocycles. The van der Waals surface area contributed by atoms with Crippen molar-refractivity contribution in [2.45, 2.75) is 13.5 Å². The quantitative estimate of drug-likeness (QED) is 0.298. The monoisotopic (exact) mass is 430 g/mol. The summed E-state index contributed by atoms with van der Waals surface area (Å²) in [6.07, 6.45) is 0. The maximum absolute atomic E-state index is 12.2. The number of para-hydroxylation sites is 1. The van der Waals surface area contributed by atoms with Gasteiger partial charge in [0.15, 0.2) is 5.82 Å². The molecule has 3 aromatic carbocycles. The van der Waals surface area contributed by atoms with Crippen molar-refractivity contribution >= 4 is 17.3 Å². The Morgan fingerprint density at radius 1 is 1.06 bits per heavy atom. The molecule has 0 aliphatic rings. The molecule has 0 fully saturated rings. The van der Waals surface area contributed by atoms with Crippen molar-refractivity contribution < 1.29 is 14.1 Å². The summed E-state index contributed by atoms with van der Waals surface area (Å²) in [4.78, 5) is 26.2. The Morgan fingerprint density at radius 3 is 2.50 bits per heavy atom. The summed E-state index contributed by atoms with van der Waals surface area (Å²) in [5, 5.41) is 7.04. The standard InChI is InChI=1S/C24H22N4O4/c1-2-31-23(29)19-8-5-9-20(25)21(19)26-14-15-10-12-16(13-11-15)17-6-3-4-7-18(17)22-27-24(30)32-28-22/h3-13,26H,2,14,25H2,1H3,(H,27,28,30). The molecule has 0 unspecified atom stereocenters. The first-order valence-corrected chi connectivity index (χ1v) is 10.1. The van der Waals surface area contributed by atoms with Gasteiger partial charge in [-0.1, -0.05) is 59.8 Å². The molecular formula is C24H22N4O4. The molecule has 4 N–H and O–H groups in total. The number of esters is 1. The van der Waals surface area contributed by atoms with Gasteiger partial charge in [-0.15, -0.1) is 0 Å². The molecule has 0 saturated heterocycles. The van der Waals surface area contributed by atoms with Crippen LogP contribution in [0, 0.1) is 0 Å². The van der Waals surface area contributed by atoms with Crippen LogP contribution in [0.3, 0.4) is 0 Å². The maximum atomic E-state index is 12.2. The second kappa shape index (κ2) is 9.22. The van der Waals surface area contributed by atoms with Crippen molar-refractivity contribution in [2.24, 2.45) is 0 Å². The number of carbonyl (C=O) groups excluding carboxylic acids is 1. The predicted molar refractivity (Wildman–Crippen MR) is 122 cm³/mol. The molecule has 0 atom stereocenters. The topological polar surface area (TPSA) is 123 Å². The van der Waals surface area contributed by atoms with Gasteiger partial charge >= 0.3 is 11.7 Å². The third kappa shape index (κ3) is 4.39. The van der Waals surface area contributed by atoms with Gasteiger partial charge in [0.1, 0.15) is 0 Å². The number of hydrogen-bond donors (Lipinski definition) is 3. The van der Waals surface area contributed by atoms with Gasteiger partial charge < -0.3 is 15.8 Å². The van der Waals surface area contributed by atoms with Crippen molar-refractivity contribution in [3.05, 3.63) is 88.4 Å². The molecule has 8 nitrogen and oxygen atoms in total. The summed E-state index contributed by atoms with van der Waals surface area (Å²) in [5.74, 6) is -0.638. The summed E-state index contributed by atoms with van der Waals surface area (Å²) in [6.45, 7) is 2.52. The van der Waals surface area contributed by atoms with E-state index in [4.69, 9.17) is 10.5 Å². The zero-order chi connectivity index (χ0) is 22.5. The Bertz CT molecular complexity index is 1290. The first kappa shape index (κ1) is 20.9. The van der Waals surface area contributed by atoms with Gasteiger partial charge in [0.05, 0.1) is 23.5 Å². The van der Waals surface area contributed by atoms with Gasteiger partial charge in [0, 0.05) is 12.1 Å². The smallest absolute Gasteiger partial charge is 0.439 e. The van der Waals surface area contributed by atoms with Crippen LogP contribution in [0.15, 0.2) is 76.0 Å². The number of H-pyrrole nitrogens is 1. The molecule has 0 saturated carbocycles. The number of nitrogens with one attached hydrogen (secondary N) is 2. The average molecular weight is 430 g/mol. The molecule has 0 bridgehead atoms. The van der Waals surface area contributed by atoms with Crippen LogP contribution in [0.25, 0.3) is 22.5 Å². The molecule has 8 heteroatoms. The predicted octanol–water partition coefficient (Wildman–Crippen LogP) is 4.07. The first-order valence-electron chi connectivity index (χ1n) is 10.1. The fraction of sp³-hybridized carbons (Fsp3) is 0.125. The lowest BCUT2D eigenvalue weighted by atomic mass is 9.98. The number of ether oxygens (including phenoxy) is 1. The van der Waals surface area contributed by atoms with Gasteiger partial charge in [0.25, 0.3) is 0 Å². The molecule has 32 heavy (non-hydrogen) atoms. The van der Waals surface area contributed by atoms with E-state index in [-0.39, 0.29) is 6.61 Å². The Balaban J connectivity index is 1.55. The van der Waals surface area contributed by atoms with Crippen LogP contribution in [0.1, 0.15) is 22.8 Å². The fourth-order valence-corrected chi connectivity index (χ4v) is 3.43. The number of nitrogens with zero attached hydrogens (tertiary/aromatic N) is 1. The number of rotatable bonds is 7. The van der Waals surface area contributed by atoms with Crippen molar-refractivity contribution in [3.8, 4) is 22.5 Å². The van der Waals surface area contributed by atoms with Crippen LogP contribution >= 0.6 is 0 Å². The molecule has 0 amide bonds. The maximum Gasteiger partial charge on any atom is 0.439 e. The molecule has 4 aromatic rings. The summed E-state index contributed by atoms with van der Waals surface area (Å²) in [7, 11) is 0. The highest BCUT2D eigenvalue weighted by Gasteiger charge is 2.15. The molecule has 0 aliphatic heterocycles. The van der Waals surface area contributed by atoms with Crippen LogP contribution in [0.2, 0.25) is 0 Å². The summed E-state index contributed by atoms with van der Waals surface area (Å²) >= 11 is 0. The summed E-state index contributed by atoms with van der Waals surface area (Å²) < 4.78 is 9.76. The van der Waals surface area contributed by atoms with Gasteiger partial charge in [0.2, 0.25) is 0 Å². The second-order valence-corrected chi connectivity index (χ2v) is 7.03. The van der Waals surface area contributed by atoms with Crippen molar-refractivity contribution in [3.63, 3.8) is 0 Å². The number of benzene rings is 3. The number of nitrogen functional groups attached to an aromatic ring is 1. The lowest BCUT2D eigenvalue weighted by Crippen LogP contribution is -2.11. The minimum Gasteiger partial charge on any atom is -0.462 e. The molecule has 4 rings (SSSR count). The minimum absolute atomic E-state index is 0.290. The van der Waals surface area contributed by atoms with Gasteiger partial charge in [-0.3, -0.25) is 9.51 Å². The van der Waals surface area contributed by atoms with Crippen LogP contribution in [0.5, 0.6) is 0 Å². The van der Waals surface area contributed by atoms with E-state index in [0.29, 0.717) is 29.3 Å². The van der Waals surface area contributed by atoms with Crippen LogP contribution < -0.4 is 16.8 Å². The van der Waals surface area contributed by atoms with E-state index in [2.05, 4.69) is 20.0 Å². The Labute approximate surface area is 184 Å². The highest BCUT2D eigenvalue weighted by Crippen LogP contribution is 2.30. The van der Waals surface area contributed by atoms with E-state index in [1.165, 1.54) is 0 Å². The number of anilines is 2. The lowest BCUT2D eigenvalue weighted by molar-refractivity contribution is 0.0527. The fourth-order valence-electron chi connectivity index (χ4n) is 3.43. The van der Waals surface area contributed by atoms with E-state index < -0.39 is 11.7 Å². The Morgan fingerprint density at radius 2 is 1.81 bits per heavy atom. The number of hydrogen-bond acceptors (Lipinski definition) is 7. The second-order valence-electron chi connectivity index (χ2n) is 7.03. The number of aromatic amines is 1. The molecule has 162 valence electrons. The van der Waals surface area contributed by atoms with E-state index in [1.807, 2.05) is 48.5 Å². The highest BCUT2D eigenvalue weighted by atomic mass is 16.5. The summed E-state index contributed by atoms with van der Waals surface area (Å²) in [5.41, 5.74) is 11.1. The van der Waals surface area contributed by atoms with E-state index >= 15 is 0 Å². The Hall–Kier alpha value is -4.33. The Kier molecular flexibility index (Phi) is 6.03. The van der Waals surface area contributed by atoms with Gasteiger partial charge in [-0.25, -0.2) is 9.59 Å². The zero-order valence-corrected chi connectivity index (χ0v) is 17.4. The number of nitrogens with two attached hydrogens (primary N) is 1. The van der Waals surface area contributed by atoms with Crippen molar-refractivity contribution in [2.75, 3.05) is 17.7 Å². The van der Waals surface area contributed by atoms with E-state index in [0.717, 1.165) is 22.3 Å². The molecule has 0 aliphatic carbocycles. The number of carbonyl (C=O) groups is 1. The van der Waals surface area contributed by atoms with Crippen molar-refractivity contribution in [1.82, 2.24) is 10.1 Å². The molecule has 0 radical (unpaired) electrons. The van der Waals surface area contributed by atoms with E-state index in [1.54, 1.807) is 25.1 Å². The summed E-state index contributed by atoms with van der Waals surface area (Å²) in [6, 6.07) is 20.7. The normalized spacial score (nSPS) is 10.7. The lowest BCUT2D eigenvalue weighted by Gasteiger charge is -2.14. The van der Waals surface area contributed by atoms with E-state index in [9.17, 15) is 9.59 Å². The molecule has 1 aromatic heterocycles. The molecule has 0 spiro atoms. The largest absolute Gasteiger partial charge is 0.462 e. The van der Waals surface area contributed by atoms with Crippen LogP contribution in [0.4, 0.5) is 11.4 Å². The van der Waals surface area contributed by atoms with Crippen LogP contribution in [-0.4, -0.2) is 22.7 Å². The van der Waals surface area contributed by atoms with Gasteiger partial charge in [-0.2, -0.15) is 0 Å². The third-order valence-corrected chi connectivity index (χ3v) is 4.95. The zero-order valence-electron chi connectivity index (χ0n) is 17.4. The average Bonchev–Trinajstić information content (AvgIpc) is 3.25. The van der Waals surface area contributed by atoms with Crippen molar-refractivity contribution in [1.29, 1.82) is 0 Å². The molecular weight excluding hydrogens is 408 g/mol. The number of aromatic nitrogens is 2. The van der Waals surface area contributed by atoms with Crippen LogP contribution in [-0.2, 0) is 11.3 Å². The first-order chi connectivity index (χ1) is 15.6.